The van der Waals surface area contributed by atoms with Crippen molar-refractivity contribution in [2.75, 3.05) is 17.3 Å². The topological polar surface area (TPSA) is 48.0 Å². The minimum Gasteiger partial charge on any atom is -0.616 e. The van der Waals surface area contributed by atoms with E-state index in [1.165, 1.54) is 18.6 Å². The molecule has 0 spiro atoms. The molecule has 0 saturated carbocycles. The molecule has 4 aliphatic heterocycles. The van der Waals surface area contributed by atoms with Gasteiger partial charge in [-0.3, -0.25) is 4.90 Å². The number of hydrogen-bond donors (Lipinski definition) is 1. The lowest BCUT2D eigenvalue weighted by atomic mass is 10.2. The molecule has 0 amide bonds. The number of fused-ring (bicyclic) bond motifs is 2. The summed E-state index contributed by atoms with van der Waals surface area (Å²) in [5.41, 5.74) is 0. The maximum absolute atomic E-state index is 11.5. The molecule has 5 heteroatoms. The molecule has 7 atom stereocenters. The highest BCUT2D eigenvalue weighted by atomic mass is 32.2. The Morgan fingerprint density at radius 3 is 3.07 bits per heavy atom. The summed E-state index contributed by atoms with van der Waals surface area (Å²) in [6.07, 6.45) is 2.49. The van der Waals surface area contributed by atoms with E-state index in [2.05, 4.69) is 22.0 Å². The molecule has 0 bridgehead atoms. The van der Waals surface area contributed by atoms with Crippen molar-refractivity contribution < 1.29 is 4.55 Å². The summed E-state index contributed by atoms with van der Waals surface area (Å²) in [5, 5.41) is 4.25. The van der Waals surface area contributed by atoms with E-state index in [0.29, 0.717) is 6.04 Å². The van der Waals surface area contributed by atoms with Gasteiger partial charge in [0.15, 0.2) is 0 Å². The number of nitrogens with one attached hydrogen (secondary N) is 1. The number of rotatable bonds is 1. The van der Waals surface area contributed by atoms with Crippen LogP contribution in [0.4, 0.5) is 0 Å². The third-order valence-corrected chi connectivity index (χ3v) is 6.96. The van der Waals surface area contributed by atoms with Gasteiger partial charge in [-0.2, -0.15) is 0 Å². The molecule has 15 heavy (non-hydrogen) atoms. The molecule has 7 unspecified atom stereocenters. The molecule has 3 nitrogen and oxygen atoms in total. The van der Waals surface area contributed by atoms with Gasteiger partial charge >= 0.3 is 0 Å². The first-order valence-corrected chi connectivity index (χ1v) is 8.37. The highest BCUT2D eigenvalue weighted by Gasteiger charge is 2.58. The predicted octanol–water partition coefficient (Wildman–Crippen LogP) is -0.00500. The highest BCUT2D eigenvalue weighted by Crippen LogP contribution is 2.46. The van der Waals surface area contributed by atoms with Gasteiger partial charge in [0.05, 0.1) is 11.4 Å². The Labute approximate surface area is 97.5 Å². The first-order valence-electron chi connectivity index (χ1n) is 5.83. The van der Waals surface area contributed by atoms with Crippen molar-refractivity contribution in [2.24, 2.45) is 0 Å². The van der Waals surface area contributed by atoms with E-state index in [-0.39, 0.29) is 0 Å². The van der Waals surface area contributed by atoms with E-state index in [1.54, 1.807) is 0 Å². The quantitative estimate of drug-likeness (QED) is 0.521. The molecule has 4 aliphatic rings. The Morgan fingerprint density at radius 1 is 1.33 bits per heavy atom. The minimum atomic E-state index is -0.519. The molecular weight excluding hydrogens is 228 g/mol. The summed E-state index contributed by atoms with van der Waals surface area (Å²) in [6, 6.07) is 3.09. The van der Waals surface area contributed by atoms with Gasteiger partial charge in [0.25, 0.3) is 0 Å². The fraction of sp³-hybridized carbons (Fsp3) is 1.00. The van der Waals surface area contributed by atoms with E-state index in [1.807, 2.05) is 0 Å². The van der Waals surface area contributed by atoms with Crippen LogP contribution < -0.4 is 5.32 Å². The first kappa shape index (κ1) is 9.59. The highest BCUT2D eigenvalue weighted by molar-refractivity contribution is 8.00. The van der Waals surface area contributed by atoms with Crippen molar-refractivity contribution in [2.45, 2.75) is 42.4 Å². The molecule has 0 aromatic rings. The van der Waals surface area contributed by atoms with Crippen LogP contribution in [0.3, 0.4) is 0 Å². The van der Waals surface area contributed by atoms with Crippen LogP contribution in [-0.4, -0.2) is 56.3 Å². The predicted molar refractivity (Wildman–Crippen MR) is 63.5 cm³/mol. The van der Waals surface area contributed by atoms with Gasteiger partial charge in [0.1, 0.15) is 11.5 Å². The zero-order chi connectivity index (χ0) is 9.99. The number of hydrogen-bond acceptors (Lipinski definition) is 4. The van der Waals surface area contributed by atoms with Gasteiger partial charge in [0, 0.05) is 30.3 Å². The Morgan fingerprint density at radius 2 is 2.27 bits per heavy atom. The molecule has 0 aromatic heterocycles. The van der Waals surface area contributed by atoms with Crippen LogP contribution >= 0.6 is 11.8 Å². The second kappa shape index (κ2) is 3.29. The molecule has 4 fully saturated rings. The second-order valence-electron chi connectivity index (χ2n) is 5.08. The van der Waals surface area contributed by atoms with Crippen LogP contribution in [-0.2, 0) is 11.2 Å². The lowest BCUT2D eigenvalue weighted by Crippen LogP contribution is -2.26. The van der Waals surface area contributed by atoms with Gasteiger partial charge in [-0.15, -0.1) is 11.8 Å². The zero-order valence-corrected chi connectivity index (χ0v) is 10.2. The van der Waals surface area contributed by atoms with Gasteiger partial charge in [-0.05, 0) is 6.42 Å². The van der Waals surface area contributed by atoms with Crippen molar-refractivity contribution in [3.63, 3.8) is 0 Å². The monoisotopic (exact) mass is 244 g/mol. The second-order valence-corrected chi connectivity index (χ2v) is 7.92. The third kappa shape index (κ3) is 1.55. The van der Waals surface area contributed by atoms with E-state index in [9.17, 15) is 4.55 Å². The molecular formula is C10H16N2OS2. The summed E-state index contributed by atoms with van der Waals surface area (Å²) in [5.74, 6) is 3.18. The van der Waals surface area contributed by atoms with E-state index in [0.717, 1.165) is 35.0 Å². The zero-order valence-electron chi connectivity index (χ0n) is 8.59. The minimum absolute atomic E-state index is 0.519. The van der Waals surface area contributed by atoms with Crippen LogP contribution in [0.25, 0.3) is 0 Å². The fourth-order valence-electron chi connectivity index (χ4n) is 3.17. The Kier molecular flexibility index (Phi) is 2.11. The maximum Gasteiger partial charge on any atom is 0.122 e. The van der Waals surface area contributed by atoms with Crippen molar-refractivity contribution in [1.29, 1.82) is 0 Å². The number of nitrogens with zero attached hydrogens (tertiary/aromatic N) is 1. The van der Waals surface area contributed by atoms with Crippen molar-refractivity contribution in [3.8, 4) is 0 Å². The maximum atomic E-state index is 11.5. The van der Waals surface area contributed by atoms with E-state index >= 15 is 0 Å². The fourth-order valence-corrected chi connectivity index (χ4v) is 6.20. The molecule has 0 aromatic carbocycles. The van der Waals surface area contributed by atoms with Gasteiger partial charge in [-0.1, -0.05) is 11.2 Å². The van der Waals surface area contributed by atoms with Gasteiger partial charge in [-0.25, -0.2) is 0 Å². The smallest absolute Gasteiger partial charge is 0.122 e. The van der Waals surface area contributed by atoms with Crippen LogP contribution in [0.1, 0.15) is 12.8 Å². The normalized spacial score (nSPS) is 61.8. The van der Waals surface area contributed by atoms with Crippen molar-refractivity contribution in [3.05, 3.63) is 0 Å². The molecule has 4 rings (SSSR count). The van der Waals surface area contributed by atoms with E-state index < -0.39 is 11.2 Å². The summed E-state index contributed by atoms with van der Waals surface area (Å²) in [7, 11) is 0. The summed E-state index contributed by atoms with van der Waals surface area (Å²) in [4.78, 5) is 2.64. The van der Waals surface area contributed by atoms with Crippen LogP contribution in [0, 0.1) is 0 Å². The van der Waals surface area contributed by atoms with Gasteiger partial charge < -0.3 is 9.87 Å². The molecule has 84 valence electrons. The molecule has 1 N–H and O–H groups in total. The van der Waals surface area contributed by atoms with Gasteiger partial charge in [0.2, 0.25) is 0 Å². The molecule has 4 heterocycles. The molecule has 0 radical (unpaired) electrons. The Bertz CT molecular complexity index is 291. The Hall–Kier alpha value is 0.580. The standard InChI is InChI=1S/C10H16N2OS2/c13-15-2-1-8-9(5-15)12(8)10-3-6-7(11-6)4-14-10/h6-11H,1-5H2. The van der Waals surface area contributed by atoms with E-state index in [4.69, 9.17) is 0 Å². The van der Waals surface area contributed by atoms with Crippen molar-refractivity contribution >= 4 is 22.9 Å². The average Bonchev–Trinajstić information content (AvgIpc) is 3.09. The SMILES string of the molecule is [O-][S+]1CCC2C(C1)N2C1CC2NC2CS1. The number of thioether (sulfide) groups is 1. The van der Waals surface area contributed by atoms with Crippen LogP contribution in [0.5, 0.6) is 0 Å². The average molecular weight is 244 g/mol. The van der Waals surface area contributed by atoms with Crippen LogP contribution in [0.2, 0.25) is 0 Å². The Balaban J connectivity index is 1.42. The summed E-state index contributed by atoms with van der Waals surface area (Å²) >= 11 is 1.60. The summed E-state index contributed by atoms with van der Waals surface area (Å²) in [6.45, 7) is 0. The summed E-state index contributed by atoms with van der Waals surface area (Å²) < 4.78 is 11.5. The molecule has 4 saturated heterocycles. The van der Waals surface area contributed by atoms with Crippen molar-refractivity contribution in [1.82, 2.24) is 10.2 Å². The lowest BCUT2D eigenvalue weighted by Gasteiger charge is -2.21. The lowest BCUT2D eigenvalue weighted by molar-refractivity contribution is 0.427. The molecule has 0 aliphatic carbocycles. The largest absolute Gasteiger partial charge is 0.616 e. The van der Waals surface area contributed by atoms with Crippen LogP contribution in [0.15, 0.2) is 0 Å². The third-order valence-electron chi connectivity index (χ3n) is 4.18. The first-order chi connectivity index (χ1) is 7.33.